The highest BCUT2D eigenvalue weighted by Crippen LogP contribution is 2.47. The van der Waals surface area contributed by atoms with Crippen molar-refractivity contribution < 1.29 is 4.79 Å². The molecule has 2 heterocycles. The van der Waals surface area contributed by atoms with E-state index in [1.54, 1.807) is 6.20 Å². The van der Waals surface area contributed by atoms with E-state index in [1.807, 2.05) is 18.6 Å². The van der Waals surface area contributed by atoms with E-state index in [-0.39, 0.29) is 17.9 Å². The van der Waals surface area contributed by atoms with Crippen LogP contribution < -0.4 is 5.32 Å². The quantitative estimate of drug-likeness (QED) is 0.715. The van der Waals surface area contributed by atoms with Crippen molar-refractivity contribution in [3.8, 4) is 0 Å². The molecular formula is C23H26N4O. The average molecular weight is 374 g/mol. The van der Waals surface area contributed by atoms with Crippen LogP contribution in [-0.4, -0.2) is 26.5 Å². The van der Waals surface area contributed by atoms with E-state index >= 15 is 0 Å². The molecule has 5 nitrogen and oxygen atoms in total. The van der Waals surface area contributed by atoms with Crippen molar-refractivity contribution >= 4 is 16.9 Å². The molecule has 0 bridgehead atoms. The van der Waals surface area contributed by atoms with E-state index in [4.69, 9.17) is 0 Å². The number of hydrogen-bond donors (Lipinski definition) is 1. The Morgan fingerprint density at radius 1 is 1.29 bits per heavy atom. The number of rotatable bonds is 6. The zero-order valence-corrected chi connectivity index (χ0v) is 16.4. The third kappa shape index (κ3) is 3.30. The van der Waals surface area contributed by atoms with Gasteiger partial charge >= 0.3 is 0 Å². The van der Waals surface area contributed by atoms with E-state index in [1.165, 1.54) is 29.5 Å². The lowest BCUT2D eigenvalue weighted by molar-refractivity contribution is -0.123. The topological polar surface area (TPSA) is 59.8 Å². The summed E-state index contributed by atoms with van der Waals surface area (Å²) < 4.78 is 2.20. The summed E-state index contributed by atoms with van der Waals surface area (Å²) in [5, 5.41) is 3.36. The number of hydrogen-bond acceptors (Lipinski definition) is 3. The van der Waals surface area contributed by atoms with Crippen LogP contribution in [0.1, 0.15) is 41.9 Å². The molecular weight excluding hydrogens is 348 g/mol. The minimum absolute atomic E-state index is 0.0925. The Labute approximate surface area is 165 Å². The molecule has 5 rings (SSSR count). The molecule has 0 saturated heterocycles. The van der Waals surface area contributed by atoms with E-state index in [0.29, 0.717) is 11.8 Å². The fraction of sp³-hybridized carbons (Fsp3) is 0.435. The minimum atomic E-state index is 0.0925. The smallest absolute Gasteiger partial charge is 0.224 e. The Morgan fingerprint density at radius 3 is 2.86 bits per heavy atom. The molecule has 2 aliphatic carbocycles. The molecule has 1 amide bonds. The van der Waals surface area contributed by atoms with Crippen molar-refractivity contribution in [1.82, 2.24) is 19.9 Å². The second-order valence-electron chi connectivity index (χ2n) is 8.51. The van der Waals surface area contributed by atoms with Gasteiger partial charge in [-0.25, -0.2) is 4.98 Å². The van der Waals surface area contributed by atoms with Crippen molar-refractivity contribution in [2.24, 2.45) is 11.8 Å². The van der Waals surface area contributed by atoms with Gasteiger partial charge in [0.2, 0.25) is 5.91 Å². The third-order valence-corrected chi connectivity index (χ3v) is 6.39. The van der Waals surface area contributed by atoms with Gasteiger partial charge in [-0.05, 0) is 79.8 Å². The maximum atomic E-state index is 12.9. The molecule has 2 saturated carbocycles. The van der Waals surface area contributed by atoms with Gasteiger partial charge in [-0.1, -0.05) is 6.07 Å². The highest BCUT2D eigenvalue weighted by Gasteiger charge is 2.45. The Balaban J connectivity index is 1.30. The normalized spacial score (nSPS) is 22.2. The predicted octanol–water partition coefficient (Wildman–Crippen LogP) is 3.75. The van der Waals surface area contributed by atoms with Gasteiger partial charge < -0.3 is 9.88 Å². The Bertz CT molecular complexity index is 1020. The molecule has 1 N–H and O–H groups in total. The Hall–Kier alpha value is -2.69. The summed E-state index contributed by atoms with van der Waals surface area (Å²) in [6.45, 7) is 5.05. The van der Waals surface area contributed by atoms with Crippen molar-refractivity contribution in [2.75, 3.05) is 0 Å². The fourth-order valence-corrected chi connectivity index (χ4v) is 4.22. The van der Waals surface area contributed by atoms with Crippen LogP contribution in [0.4, 0.5) is 0 Å². The zero-order valence-electron chi connectivity index (χ0n) is 16.4. The lowest BCUT2D eigenvalue weighted by atomic mass is 10.1. The van der Waals surface area contributed by atoms with Crippen LogP contribution in [-0.2, 0) is 11.3 Å². The van der Waals surface area contributed by atoms with Gasteiger partial charge in [0.25, 0.3) is 0 Å². The number of amides is 1. The van der Waals surface area contributed by atoms with Crippen LogP contribution in [0.15, 0.2) is 43.0 Å². The van der Waals surface area contributed by atoms with Crippen molar-refractivity contribution in [3.63, 3.8) is 0 Å². The Kier molecular flexibility index (Phi) is 4.18. The van der Waals surface area contributed by atoms with Crippen LogP contribution in [0.3, 0.4) is 0 Å². The highest BCUT2D eigenvalue weighted by atomic mass is 16.2. The third-order valence-electron chi connectivity index (χ3n) is 6.39. The minimum Gasteiger partial charge on any atom is -0.351 e. The van der Waals surface area contributed by atoms with E-state index in [2.05, 4.69) is 51.9 Å². The first-order valence-electron chi connectivity index (χ1n) is 10.2. The number of aryl methyl sites for hydroxylation is 2. The first kappa shape index (κ1) is 17.4. The average Bonchev–Trinajstić information content (AvgIpc) is 3.61. The van der Waals surface area contributed by atoms with E-state index in [9.17, 15) is 4.79 Å². The van der Waals surface area contributed by atoms with Gasteiger partial charge in [-0.15, -0.1) is 0 Å². The van der Waals surface area contributed by atoms with Gasteiger partial charge in [0.15, 0.2) is 0 Å². The largest absolute Gasteiger partial charge is 0.351 e. The molecule has 0 aliphatic heterocycles. The number of fused-ring (bicyclic) bond motifs is 1. The SMILES string of the molecule is Cc1cc2ncn(CC(NC(=O)C3CC3c3cccnc3)C3CC3)c2cc1C. The monoisotopic (exact) mass is 374 g/mol. The Morgan fingerprint density at radius 2 is 2.11 bits per heavy atom. The maximum Gasteiger partial charge on any atom is 0.224 e. The predicted molar refractivity (Wildman–Crippen MR) is 109 cm³/mol. The summed E-state index contributed by atoms with van der Waals surface area (Å²) in [5.74, 6) is 1.20. The molecule has 2 fully saturated rings. The molecule has 0 radical (unpaired) electrons. The van der Waals surface area contributed by atoms with Gasteiger partial charge in [0.05, 0.1) is 17.4 Å². The van der Waals surface area contributed by atoms with Crippen LogP contribution >= 0.6 is 0 Å². The van der Waals surface area contributed by atoms with Gasteiger partial charge in [0, 0.05) is 30.9 Å². The molecule has 28 heavy (non-hydrogen) atoms. The summed E-state index contributed by atoms with van der Waals surface area (Å²) in [5.41, 5.74) is 5.90. The fourth-order valence-electron chi connectivity index (χ4n) is 4.22. The second kappa shape index (κ2) is 6.73. The number of aromatic nitrogens is 3. The van der Waals surface area contributed by atoms with Gasteiger partial charge in [-0.2, -0.15) is 0 Å². The van der Waals surface area contributed by atoms with E-state index < -0.39 is 0 Å². The standard InChI is InChI=1S/C23H26N4O/c1-14-8-20-22(9-15(14)2)27(13-25-20)12-21(16-5-6-16)26-23(28)19-10-18(19)17-4-3-7-24-11-17/h3-4,7-9,11,13,16,18-19,21H,5-6,10,12H2,1-2H3,(H,26,28). The zero-order chi connectivity index (χ0) is 19.3. The molecule has 3 atom stereocenters. The summed E-state index contributed by atoms with van der Waals surface area (Å²) in [4.78, 5) is 21.6. The first-order valence-corrected chi connectivity index (χ1v) is 10.2. The lowest BCUT2D eigenvalue weighted by Gasteiger charge is -2.20. The molecule has 2 aromatic heterocycles. The van der Waals surface area contributed by atoms with Gasteiger partial charge in [-0.3, -0.25) is 9.78 Å². The van der Waals surface area contributed by atoms with Crippen LogP contribution in [0.2, 0.25) is 0 Å². The van der Waals surface area contributed by atoms with Crippen LogP contribution in [0, 0.1) is 25.7 Å². The highest BCUT2D eigenvalue weighted by molar-refractivity contribution is 5.83. The number of pyridine rings is 1. The molecule has 5 heteroatoms. The molecule has 144 valence electrons. The second-order valence-corrected chi connectivity index (χ2v) is 8.51. The van der Waals surface area contributed by atoms with Crippen molar-refractivity contribution in [3.05, 3.63) is 59.7 Å². The molecule has 3 unspecified atom stereocenters. The lowest BCUT2D eigenvalue weighted by Crippen LogP contribution is -2.40. The van der Waals surface area contributed by atoms with Crippen molar-refractivity contribution in [2.45, 2.75) is 51.6 Å². The molecule has 3 aromatic rings. The number of nitrogens with zero attached hydrogens (tertiary/aromatic N) is 3. The van der Waals surface area contributed by atoms with Crippen molar-refractivity contribution in [1.29, 1.82) is 0 Å². The number of carbonyl (C=O) groups excluding carboxylic acids is 1. The maximum absolute atomic E-state index is 12.9. The summed E-state index contributed by atoms with van der Waals surface area (Å²) in [6.07, 6.45) is 8.92. The number of nitrogens with one attached hydrogen (secondary N) is 1. The number of benzene rings is 1. The van der Waals surface area contributed by atoms with Crippen LogP contribution in [0.25, 0.3) is 11.0 Å². The van der Waals surface area contributed by atoms with Crippen LogP contribution in [0.5, 0.6) is 0 Å². The first-order chi connectivity index (χ1) is 13.6. The molecule has 0 spiro atoms. The van der Waals surface area contributed by atoms with Gasteiger partial charge in [0.1, 0.15) is 0 Å². The molecule has 2 aliphatic rings. The number of carbonyl (C=O) groups is 1. The summed E-state index contributed by atoms with van der Waals surface area (Å²) in [6, 6.07) is 8.56. The number of imidazole rings is 1. The summed E-state index contributed by atoms with van der Waals surface area (Å²) in [7, 11) is 0. The molecule has 1 aromatic carbocycles. The summed E-state index contributed by atoms with van der Waals surface area (Å²) >= 11 is 0. The van der Waals surface area contributed by atoms with E-state index in [0.717, 1.165) is 24.0 Å².